The minimum atomic E-state index is -0.0360. The normalized spacial score (nSPS) is 12.6. The standard InChI is InChI=1S/C29H40N2O2/c1-4-5-6-7-15-26(27-18-20-28(33-3)21-19-27)16-10-17-29(32)31-24(2)12-8-9-13-25-14-11-22-30-23-25/h10-11,14,16-24H,4-9,12-13,15H2,1-3H3,(H,31,32)/b17-10+,26-16+/t24-/m1/s1. The summed E-state index contributed by atoms with van der Waals surface area (Å²) in [7, 11) is 1.68. The van der Waals surface area contributed by atoms with Gasteiger partial charge in [0.05, 0.1) is 7.11 Å². The molecule has 4 nitrogen and oxygen atoms in total. The third-order valence-corrected chi connectivity index (χ3v) is 5.77. The molecule has 1 aromatic carbocycles. The number of aromatic nitrogens is 1. The molecular weight excluding hydrogens is 408 g/mol. The summed E-state index contributed by atoms with van der Waals surface area (Å²) < 4.78 is 5.28. The molecule has 1 atom stereocenters. The lowest BCUT2D eigenvalue weighted by Gasteiger charge is -2.12. The number of allylic oxidation sites excluding steroid dienone is 3. The van der Waals surface area contributed by atoms with Crippen LogP contribution in [0, 0.1) is 0 Å². The van der Waals surface area contributed by atoms with Crippen molar-refractivity contribution >= 4 is 11.5 Å². The van der Waals surface area contributed by atoms with Crippen LogP contribution < -0.4 is 10.1 Å². The number of benzene rings is 1. The molecule has 0 radical (unpaired) electrons. The summed E-state index contributed by atoms with van der Waals surface area (Å²) in [4.78, 5) is 16.5. The molecule has 2 aromatic rings. The number of rotatable bonds is 15. The van der Waals surface area contributed by atoms with Gasteiger partial charge in [0.2, 0.25) is 5.91 Å². The summed E-state index contributed by atoms with van der Waals surface area (Å²) in [6, 6.07) is 12.4. The predicted molar refractivity (Wildman–Crippen MR) is 138 cm³/mol. The summed E-state index contributed by atoms with van der Waals surface area (Å²) in [5.74, 6) is 0.819. The summed E-state index contributed by atoms with van der Waals surface area (Å²) in [6.07, 6.45) is 19.4. The summed E-state index contributed by atoms with van der Waals surface area (Å²) in [5, 5.41) is 3.08. The molecule has 0 aliphatic carbocycles. The summed E-state index contributed by atoms with van der Waals surface area (Å²) >= 11 is 0. The molecule has 0 spiro atoms. The van der Waals surface area contributed by atoms with Gasteiger partial charge in [0.15, 0.2) is 0 Å². The van der Waals surface area contributed by atoms with Gasteiger partial charge < -0.3 is 10.1 Å². The monoisotopic (exact) mass is 448 g/mol. The zero-order valence-corrected chi connectivity index (χ0v) is 20.6. The SMILES string of the molecule is CCCCCC/C(=C\C=C\C(=O)N[C@H](C)CCCCc1cccnc1)c1ccc(OC)cc1. The number of nitrogens with zero attached hydrogens (tertiary/aromatic N) is 1. The molecule has 0 unspecified atom stereocenters. The molecule has 0 aliphatic rings. The fourth-order valence-corrected chi connectivity index (χ4v) is 3.81. The third-order valence-electron chi connectivity index (χ3n) is 5.77. The van der Waals surface area contributed by atoms with Crippen LogP contribution in [0.3, 0.4) is 0 Å². The van der Waals surface area contributed by atoms with Gasteiger partial charge in [-0.1, -0.05) is 63.0 Å². The van der Waals surface area contributed by atoms with E-state index < -0.39 is 0 Å². The first-order chi connectivity index (χ1) is 16.1. The minimum absolute atomic E-state index is 0.0360. The van der Waals surface area contributed by atoms with Crippen LogP contribution in [0.4, 0.5) is 0 Å². The number of amides is 1. The lowest BCUT2D eigenvalue weighted by Crippen LogP contribution is -2.30. The molecule has 1 amide bonds. The molecule has 0 saturated heterocycles. The highest BCUT2D eigenvalue weighted by Gasteiger charge is 2.05. The van der Waals surface area contributed by atoms with Gasteiger partial charge in [-0.05, 0) is 73.9 Å². The number of nitrogens with one attached hydrogen (secondary N) is 1. The number of ether oxygens (including phenoxy) is 1. The van der Waals surface area contributed by atoms with E-state index in [1.807, 2.05) is 30.5 Å². The van der Waals surface area contributed by atoms with Crippen LogP contribution in [0.15, 0.2) is 67.0 Å². The lowest BCUT2D eigenvalue weighted by molar-refractivity contribution is -0.117. The second kappa shape index (κ2) is 15.8. The zero-order chi connectivity index (χ0) is 23.7. The van der Waals surface area contributed by atoms with Crippen molar-refractivity contribution in [3.8, 4) is 5.75 Å². The number of unbranched alkanes of at least 4 members (excludes halogenated alkanes) is 4. The molecule has 0 bridgehead atoms. The topological polar surface area (TPSA) is 51.2 Å². The van der Waals surface area contributed by atoms with Crippen molar-refractivity contribution in [2.45, 2.75) is 77.7 Å². The van der Waals surface area contributed by atoms with Gasteiger partial charge in [-0.25, -0.2) is 0 Å². The number of carbonyl (C=O) groups excluding carboxylic acids is 1. The second-order valence-corrected chi connectivity index (χ2v) is 8.61. The quantitative estimate of drug-likeness (QED) is 0.183. The lowest BCUT2D eigenvalue weighted by atomic mass is 9.98. The second-order valence-electron chi connectivity index (χ2n) is 8.61. The van der Waals surface area contributed by atoms with Crippen LogP contribution >= 0.6 is 0 Å². The fraction of sp³-hybridized carbons (Fsp3) is 0.448. The largest absolute Gasteiger partial charge is 0.497 e. The van der Waals surface area contributed by atoms with Crippen LogP contribution in [0.1, 0.15) is 76.3 Å². The van der Waals surface area contributed by atoms with Crippen LogP contribution in [0.2, 0.25) is 0 Å². The molecule has 1 aromatic heterocycles. The van der Waals surface area contributed by atoms with Gasteiger partial charge in [0, 0.05) is 24.5 Å². The Morgan fingerprint density at radius 2 is 1.91 bits per heavy atom. The molecule has 0 aliphatic heterocycles. The third kappa shape index (κ3) is 11.0. The smallest absolute Gasteiger partial charge is 0.244 e. The average Bonchev–Trinajstić information content (AvgIpc) is 2.84. The van der Waals surface area contributed by atoms with Crippen LogP contribution in [0.25, 0.3) is 5.57 Å². The highest BCUT2D eigenvalue weighted by Crippen LogP contribution is 2.24. The predicted octanol–water partition coefficient (Wildman–Crippen LogP) is 6.92. The van der Waals surface area contributed by atoms with Crippen LogP contribution in [-0.4, -0.2) is 24.0 Å². The highest BCUT2D eigenvalue weighted by molar-refractivity contribution is 5.88. The molecule has 2 rings (SSSR count). The Morgan fingerprint density at radius 1 is 1.09 bits per heavy atom. The Labute approximate surface area is 200 Å². The van der Waals surface area contributed by atoms with Crippen molar-refractivity contribution < 1.29 is 9.53 Å². The Hall–Kier alpha value is -2.88. The number of methoxy groups -OCH3 is 1. The first-order valence-corrected chi connectivity index (χ1v) is 12.3. The first-order valence-electron chi connectivity index (χ1n) is 12.3. The van der Waals surface area contributed by atoms with E-state index in [9.17, 15) is 4.79 Å². The van der Waals surface area contributed by atoms with E-state index in [1.165, 1.54) is 36.0 Å². The first kappa shape index (κ1) is 26.4. The molecular formula is C29H40N2O2. The molecule has 33 heavy (non-hydrogen) atoms. The van der Waals surface area contributed by atoms with Crippen LogP contribution in [0.5, 0.6) is 5.75 Å². The van der Waals surface area contributed by atoms with E-state index >= 15 is 0 Å². The summed E-state index contributed by atoms with van der Waals surface area (Å²) in [6.45, 7) is 4.30. The molecule has 0 fully saturated rings. The van der Waals surface area contributed by atoms with Crippen molar-refractivity contribution in [2.75, 3.05) is 7.11 Å². The number of carbonyl (C=O) groups is 1. The maximum Gasteiger partial charge on any atom is 0.244 e. The van der Waals surface area contributed by atoms with Gasteiger partial charge in [0.25, 0.3) is 0 Å². The molecule has 4 heteroatoms. The maximum absolute atomic E-state index is 12.4. The fourth-order valence-electron chi connectivity index (χ4n) is 3.81. The van der Waals surface area contributed by atoms with Crippen molar-refractivity contribution in [1.82, 2.24) is 10.3 Å². The minimum Gasteiger partial charge on any atom is -0.497 e. The van der Waals surface area contributed by atoms with Gasteiger partial charge in [-0.15, -0.1) is 0 Å². The molecule has 1 heterocycles. The number of pyridine rings is 1. The Kier molecular flexibility index (Phi) is 12.7. The summed E-state index contributed by atoms with van der Waals surface area (Å²) in [5.41, 5.74) is 3.70. The Bertz CT molecular complexity index is 857. The maximum atomic E-state index is 12.4. The van der Waals surface area contributed by atoms with Crippen molar-refractivity contribution in [3.63, 3.8) is 0 Å². The van der Waals surface area contributed by atoms with E-state index in [1.54, 1.807) is 19.4 Å². The zero-order valence-electron chi connectivity index (χ0n) is 20.6. The molecule has 1 N–H and O–H groups in total. The molecule has 0 saturated carbocycles. The Morgan fingerprint density at radius 3 is 2.61 bits per heavy atom. The number of hydrogen-bond donors (Lipinski definition) is 1. The van der Waals surface area contributed by atoms with Crippen molar-refractivity contribution in [1.29, 1.82) is 0 Å². The van der Waals surface area contributed by atoms with E-state index in [-0.39, 0.29) is 11.9 Å². The van der Waals surface area contributed by atoms with Gasteiger partial charge >= 0.3 is 0 Å². The van der Waals surface area contributed by atoms with Gasteiger partial charge in [-0.2, -0.15) is 0 Å². The van der Waals surface area contributed by atoms with E-state index in [2.05, 4.69) is 48.4 Å². The molecule has 178 valence electrons. The van der Waals surface area contributed by atoms with E-state index in [0.717, 1.165) is 44.3 Å². The number of aryl methyl sites for hydroxylation is 1. The van der Waals surface area contributed by atoms with Crippen LogP contribution in [-0.2, 0) is 11.2 Å². The van der Waals surface area contributed by atoms with Crippen molar-refractivity contribution in [2.24, 2.45) is 0 Å². The van der Waals surface area contributed by atoms with E-state index in [0.29, 0.717) is 0 Å². The van der Waals surface area contributed by atoms with Crippen molar-refractivity contribution in [3.05, 3.63) is 78.1 Å². The Balaban J connectivity index is 1.82. The van der Waals surface area contributed by atoms with E-state index in [4.69, 9.17) is 4.74 Å². The van der Waals surface area contributed by atoms with Gasteiger partial charge in [-0.3, -0.25) is 9.78 Å². The highest BCUT2D eigenvalue weighted by atomic mass is 16.5. The van der Waals surface area contributed by atoms with Gasteiger partial charge in [0.1, 0.15) is 5.75 Å². The average molecular weight is 449 g/mol. The number of hydrogen-bond acceptors (Lipinski definition) is 3.